The fourth-order valence-electron chi connectivity index (χ4n) is 1.18. The number of carbonyl (C=O) groups excluding carboxylic acids is 1. The average Bonchev–Trinajstić information content (AvgIpc) is 1.79. The van der Waals surface area contributed by atoms with Gasteiger partial charge in [0.15, 0.2) is 0 Å². The van der Waals surface area contributed by atoms with E-state index in [1.807, 2.05) is 20.8 Å². The van der Waals surface area contributed by atoms with Crippen molar-refractivity contribution in [1.82, 2.24) is 5.32 Å². The largest absolute Gasteiger partial charge is 0.444 e. The van der Waals surface area contributed by atoms with Crippen LogP contribution in [0.1, 0.15) is 33.6 Å². The maximum atomic E-state index is 11.2. The minimum atomic E-state index is -0.452. The molecule has 0 aliphatic heterocycles. The molecule has 0 aromatic carbocycles. The Morgan fingerprint density at radius 1 is 1.46 bits per heavy atom. The molecule has 0 aromatic heterocycles. The zero-order valence-corrected chi connectivity index (χ0v) is 8.33. The van der Waals surface area contributed by atoms with E-state index in [1.165, 1.54) is 0 Å². The van der Waals surface area contributed by atoms with Crippen molar-refractivity contribution in [2.75, 3.05) is 0 Å². The van der Waals surface area contributed by atoms with Crippen molar-refractivity contribution in [3.8, 4) is 0 Å². The Morgan fingerprint density at radius 3 is 2.38 bits per heavy atom. The van der Waals surface area contributed by atoms with Gasteiger partial charge in [-0.1, -0.05) is 0 Å². The average molecular weight is 187 g/mol. The highest BCUT2D eigenvalue weighted by molar-refractivity contribution is 5.68. The molecular formula is C9H17NO3. The number of nitrogens with one attached hydrogen (secondary N) is 1. The van der Waals surface area contributed by atoms with E-state index in [-0.39, 0.29) is 12.1 Å². The number of hydrogen-bond acceptors (Lipinski definition) is 3. The first-order chi connectivity index (χ1) is 5.87. The van der Waals surface area contributed by atoms with Gasteiger partial charge in [0.1, 0.15) is 5.60 Å². The first kappa shape index (κ1) is 10.3. The van der Waals surface area contributed by atoms with Crippen molar-refractivity contribution in [2.45, 2.75) is 51.4 Å². The van der Waals surface area contributed by atoms with Crippen LogP contribution in [-0.4, -0.2) is 28.9 Å². The summed E-state index contributed by atoms with van der Waals surface area (Å²) in [6.07, 6.45) is 0.628. The van der Waals surface area contributed by atoms with E-state index >= 15 is 0 Å². The van der Waals surface area contributed by atoms with Crippen LogP contribution in [0, 0.1) is 0 Å². The number of amides is 1. The van der Waals surface area contributed by atoms with Gasteiger partial charge >= 0.3 is 6.09 Å². The SMILES string of the molecule is CC(C)(C)OC(=O)NC1CC(O)C1. The second-order valence-electron chi connectivity index (χ2n) is 4.47. The number of hydrogen-bond donors (Lipinski definition) is 2. The van der Waals surface area contributed by atoms with Gasteiger partial charge in [-0.3, -0.25) is 0 Å². The molecule has 13 heavy (non-hydrogen) atoms. The highest BCUT2D eigenvalue weighted by atomic mass is 16.6. The smallest absolute Gasteiger partial charge is 0.407 e. The molecule has 0 atom stereocenters. The van der Waals surface area contributed by atoms with Gasteiger partial charge < -0.3 is 15.2 Å². The van der Waals surface area contributed by atoms with E-state index in [0.29, 0.717) is 12.8 Å². The van der Waals surface area contributed by atoms with Crippen LogP contribution in [0.5, 0.6) is 0 Å². The number of ether oxygens (including phenoxy) is 1. The molecule has 0 radical (unpaired) electrons. The van der Waals surface area contributed by atoms with Crippen LogP contribution >= 0.6 is 0 Å². The summed E-state index contributed by atoms with van der Waals surface area (Å²) in [5, 5.41) is 11.7. The highest BCUT2D eigenvalue weighted by Gasteiger charge is 2.29. The molecule has 1 amide bonds. The second-order valence-corrected chi connectivity index (χ2v) is 4.47. The van der Waals surface area contributed by atoms with E-state index in [1.54, 1.807) is 0 Å². The van der Waals surface area contributed by atoms with Crippen molar-refractivity contribution in [1.29, 1.82) is 0 Å². The maximum absolute atomic E-state index is 11.2. The molecule has 4 heteroatoms. The summed E-state index contributed by atoms with van der Waals surface area (Å²) in [4.78, 5) is 11.2. The summed E-state index contributed by atoms with van der Waals surface area (Å²) in [5.41, 5.74) is -0.452. The molecule has 0 heterocycles. The lowest BCUT2D eigenvalue weighted by atomic mass is 9.90. The van der Waals surface area contributed by atoms with Crippen molar-refractivity contribution in [3.05, 3.63) is 0 Å². The third-order valence-electron chi connectivity index (χ3n) is 1.83. The molecule has 4 nitrogen and oxygen atoms in total. The normalized spacial score (nSPS) is 27.7. The predicted molar refractivity (Wildman–Crippen MR) is 48.4 cm³/mol. The fraction of sp³-hybridized carbons (Fsp3) is 0.889. The van der Waals surface area contributed by atoms with Crippen LogP contribution < -0.4 is 5.32 Å². The molecule has 0 saturated heterocycles. The molecule has 1 aliphatic rings. The number of carbonyl (C=O) groups is 1. The zero-order chi connectivity index (χ0) is 10.1. The molecule has 0 aromatic rings. The Balaban J connectivity index is 2.19. The Labute approximate surface area is 78.3 Å². The number of rotatable bonds is 1. The first-order valence-electron chi connectivity index (χ1n) is 4.54. The monoisotopic (exact) mass is 187 g/mol. The molecule has 1 saturated carbocycles. The Hall–Kier alpha value is -0.770. The van der Waals surface area contributed by atoms with Gasteiger partial charge in [-0.15, -0.1) is 0 Å². The molecule has 0 spiro atoms. The number of alkyl carbamates (subject to hydrolysis) is 1. The van der Waals surface area contributed by atoms with Crippen LogP contribution in [0.25, 0.3) is 0 Å². The fourth-order valence-corrected chi connectivity index (χ4v) is 1.18. The molecular weight excluding hydrogens is 170 g/mol. The van der Waals surface area contributed by atoms with Gasteiger partial charge in [-0.25, -0.2) is 4.79 Å². The second kappa shape index (κ2) is 3.54. The van der Waals surface area contributed by atoms with Crippen molar-refractivity contribution in [3.63, 3.8) is 0 Å². The molecule has 2 N–H and O–H groups in total. The van der Waals surface area contributed by atoms with Gasteiger partial charge in [0.2, 0.25) is 0 Å². The molecule has 1 fully saturated rings. The summed E-state index contributed by atoms with van der Waals surface area (Å²) in [6.45, 7) is 5.46. The summed E-state index contributed by atoms with van der Waals surface area (Å²) in [7, 11) is 0. The maximum Gasteiger partial charge on any atom is 0.407 e. The van der Waals surface area contributed by atoms with E-state index in [9.17, 15) is 4.79 Å². The molecule has 1 rings (SSSR count). The van der Waals surface area contributed by atoms with Crippen LogP contribution in [0.3, 0.4) is 0 Å². The van der Waals surface area contributed by atoms with Gasteiger partial charge in [0.25, 0.3) is 0 Å². The van der Waals surface area contributed by atoms with E-state index in [2.05, 4.69) is 5.32 Å². The van der Waals surface area contributed by atoms with E-state index < -0.39 is 11.7 Å². The number of aliphatic hydroxyl groups excluding tert-OH is 1. The van der Waals surface area contributed by atoms with Crippen molar-refractivity contribution >= 4 is 6.09 Å². The lowest BCUT2D eigenvalue weighted by Crippen LogP contribution is -2.48. The molecule has 0 bridgehead atoms. The van der Waals surface area contributed by atoms with Crippen LogP contribution in [0.2, 0.25) is 0 Å². The van der Waals surface area contributed by atoms with E-state index in [0.717, 1.165) is 0 Å². The zero-order valence-electron chi connectivity index (χ0n) is 8.33. The van der Waals surface area contributed by atoms with Gasteiger partial charge in [0.05, 0.1) is 6.10 Å². The molecule has 76 valence electrons. The summed E-state index contributed by atoms with van der Waals surface area (Å²) >= 11 is 0. The van der Waals surface area contributed by atoms with Crippen molar-refractivity contribution in [2.24, 2.45) is 0 Å². The predicted octanol–water partition coefficient (Wildman–Crippen LogP) is 1.03. The summed E-state index contributed by atoms with van der Waals surface area (Å²) in [6, 6.07) is 0.0878. The van der Waals surface area contributed by atoms with Gasteiger partial charge in [-0.05, 0) is 33.6 Å². The van der Waals surface area contributed by atoms with Crippen molar-refractivity contribution < 1.29 is 14.6 Å². The third kappa shape index (κ3) is 3.63. The quantitative estimate of drug-likeness (QED) is 0.644. The topological polar surface area (TPSA) is 58.6 Å². The third-order valence-corrected chi connectivity index (χ3v) is 1.83. The Morgan fingerprint density at radius 2 is 2.00 bits per heavy atom. The summed E-state index contributed by atoms with van der Waals surface area (Å²) in [5.74, 6) is 0. The first-order valence-corrected chi connectivity index (χ1v) is 4.54. The van der Waals surface area contributed by atoms with Crippen LogP contribution in [0.15, 0.2) is 0 Å². The molecule has 0 unspecified atom stereocenters. The number of aliphatic hydroxyl groups is 1. The standard InChI is InChI=1S/C9H17NO3/c1-9(2,3)13-8(12)10-6-4-7(11)5-6/h6-7,11H,4-5H2,1-3H3,(H,10,12). The summed E-state index contributed by atoms with van der Waals surface area (Å²) < 4.78 is 5.05. The Bertz CT molecular complexity index is 192. The lowest BCUT2D eigenvalue weighted by Gasteiger charge is -2.32. The van der Waals surface area contributed by atoms with Gasteiger partial charge in [0, 0.05) is 6.04 Å². The highest BCUT2D eigenvalue weighted by Crippen LogP contribution is 2.19. The van der Waals surface area contributed by atoms with Crippen LogP contribution in [0.4, 0.5) is 4.79 Å². The Kier molecular flexibility index (Phi) is 2.81. The van der Waals surface area contributed by atoms with Crippen LogP contribution in [-0.2, 0) is 4.74 Å². The minimum absolute atomic E-state index is 0.0878. The van der Waals surface area contributed by atoms with Gasteiger partial charge in [-0.2, -0.15) is 0 Å². The minimum Gasteiger partial charge on any atom is -0.444 e. The lowest BCUT2D eigenvalue weighted by molar-refractivity contribution is 0.0304. The molecule has 1 aliphatic carbocycles. The van der Waals surface area contributed by atoms with E-state index in [4.69, 9.17) is 9.84 Å².